The zero-order valence-corrected chi connectivity index (χ0v) is 56.0. The van der Waals surface area contributed by atoms with Crippen LogP contribution in [0.2, 0.25) is 0 Å². The molecule has 5 rings (SSSR count). The first kappa shape index (κ1) is 74.8. The number of likely N-dealkylation sites (N-methyl/N-ethyl adjacent to an activating group) is 7. The van der Waals surface area contributed by atoms with Crippen molar-refractivity contribution in [2.24, 2.45) is 23.7 Å². The predicted octanol–water partition coefficient (Wildman–Crippen LogP) is 4.99. The van der Waals surface area contributed by atoms with Gasteiger partial charge in [-0.15, -0.1) is 0 Å². The summed E-state index contributed by atoms with van der Waals surface area (Å²) < 4.78 is 55.8. The van der Waals surface area contributed by atoms with Gasteiger partial charge in [-0.2, -0.15) is 13.2 Å². The van der Waals surface area contributed by atoms with Gasteiger partial charge in [0.25, 0.3) is 0 Å². The second-order valence-corrected chi connectivity index (χ2v) is 27.0. The number of carbonyl (C=O) groups excluding carboxylic acids is 11. The van der Waals surface area contributed by atoms with E-state index in [2.05, 4.69) is 16.0 Å². The lowest BCUT2D eigenvalue weighted by Crippen LogP contribution is -2.64. The van der Waals surface area contributed by atoms with Gasteiger partial charge in [-0.3, -0.25) is 52.7 Å². The van der Waals surface area contributed by atoms with Crippen LogP contribution >= 0.6 is 0 Å². The molecule has 26 heteroatoms. The number of halogens is 4. The van der Waals surface area contributed by atoms with Crippen LogP contribution in [-0.2, 0) is 65.3 Å². The van der Waals surface area contributed by atoms with E-state index in [1.165, 1.54) is 73.8 Å². The molecular formula is C65H101F4N11O11. The fraction of sp³-hybridized carbons (Fsp3) is 0.738. The smallest absolute Gasteiger partial charge is 0.343 e. The summed E-state index contributed by atoms with van der Waals surface area (Å²) in [6.45, 7) is 10.9. The van der Waals surface area contributed by atoms with Gasteiger partial charge in [0.2, 0.25) is 65.0 Å². The maximum absolute atomic E-state index is 15.1. The molecule has 2 saturated heterocycles. The summed E-state index contributed by atoms with van der Waals surface area (Å²) in [7, 11) is 10.0. The largest absolute Gasteiger partial charge is 0.419 e. The number of fused-ring (bicyclic) bond motifs is 1. The van der Waals surface area contributed by atoms with Crippen LogP contribution in [0.5, 0.6) is 0 Å². The molecule has 1 aromatic carbocycles. The Hall–Kier alpha value is -6.89. The lowest BCUT2D eigenvalue weighted by molar-refractivity contribution is -0.152. The first-order valence-electron chi connectivity index (χ1n) is 32.4. The van der Waals surface area contributed by atoms with Crippen LogP contribution in [0, 0.1) is 29.5 Å². The normalized spacial score (nSPS) is 26.3. The zero-order chi connectivity index (χ0) is 68.1. The monoisotopic (exact) mass is 1290 g/mol. The molecule has 22 nitrogen and oxygen atoms in total. The van der Waals surface area contributed by atoms with Crippen LogP contribution < -0.4 is 16.0 Å². The SMILES string of the molecule is CC[C@H](C)[C@@H]1NC(=O)[C@H](CC(C)C)N(C)C(=O)C[C@@H](C)N(C)C(=O)[C@H](C(C)C)N(C)C(=O)C2(CCCC2)NC(=O)C2CCCN2C(=O)[C@H](CCc2ccc(C(F)(F)F)c(F)c2)NC(=O)CN(C)C(=O)[C@H](CC2CCCCC2)N(C)C(=O)CN(C)C(=O)CN(C)C1=O. The number of alkyl halides is 3. The van der Waals surface area contributed by atoms with Gasteiger partial charge in [0.15, 0.2) is 0 Å². The summed E-state index contributed by atoms with van der Waals surface area (Å²) in [5.41, 5.74) is -2.95. The molecule has 11 amide bonds. The third kappa shape index (κ3) is 19.1. The first-order chi connectivity index (χ1) is 42.5. The Labute approximate surface area is 534 Å². The standard InChI is InChI=1S/C65H101F4N11O11/c1-15-41(6)55-61(89)75(10)37-53(83)73(8)38-54(84)78(13)50(35-43-22-17-16-18-23-43)60(88)74(9)36-51(81)70-47(28-26-44-25-27-45(46(66)34-44)65(67,68)69)59(87)80-31-21-24-48(80)58(86)72-64(29-19-20-30-64)63(91)79(14)56(40(4)5)62(90)76(11)42(7)33-52(82)77(12)49(32-39(2)3)57(85)71-55/h25,27,34,39-43,47-50,55-56H,15-24,26,28-33,35-38H2,1-14H3,(H,70,81)(H,71,85)(H,72,86)/t41-,42+,47-,48?,49-,50-,55-,56-/m0/s1. The molecule has 91 heavy (non-hydrogen) atoms. The van der Waals surface area contributed by atoms with E-state index >= 15 is 4.79 Å². The third-order valence-electron chi connectivity index (χ3n) is 19.2. The summed E-state index contributed by atoms with van der Waals surface area (Å²) in [6, 6.07) is -5.53. The molecule has 0 radical (unpaired) electrons. The Morgan fingerprint density at radius 3 is 1.82 bits per heavy atom. The van der Waals surface area contributed by atoms with Crippen molar-refractivity contribution in [3.8, 4) is 0 Å². The number of rotatable bonds is 10. The van der Waals surface area contributed by atoms with Gasteiger partial charge in [0.1, 0.15) is 47.6 Å². The number of nitrogens with zero attached hydrogens (tertiary/aromatic N) is 8. The van der Waals surface area contributed by atoms with Crippen LogP contribution in [0.3, 0.4) is 0 Å². The van der Waals surface area contributed by atoms with Gasteiger partial charge in [-0.05, 0) is 99.7 Å². The van der Waals surface area contributed by atoms with Gasteiger partial charge in [0, 0.05) is 68.3 Å². The fourth-order valence-corrected chi connectivity index (χ4v) is 13.2. The Bertz CT molecular complexity index is 2790. The van der Waals surface area contributed by atoms with E-state index in [4.69, 9.17) is 0 Å². The van der Waals surface area contributed by atoms with Crippen molar-refractivity contribution in [2.75, 3.05) is 75.5 Å². The van der Waals surface area contributed by atoms with Gasteiger partial charge in [-0.25, -0.2) is 4.39 Å². The molecule has 510 valence electrons. The topological polar surface area (TPSA) is 250 Å². The van der Waals surface area contributed by atoms with E-state index in [1.807, 2.05) is 20.8 Å². The molecule has 2 aliphatic carbocycles. The summed E-state index contributed by atoms with van der Waals surface area (Å²) in [5, 5.41) is 8.57. The number of nitrogens with one attached hydrogen (secondary N) is 3. The molecule has 0 bridgehead atoms. The number of hydrogen-bond donors (Lipinski definition) is 3. The van der Waals surface area contributed by atoms with Gasteiger partial charge in [-0.1, -0.05) is 99.0 Å². The summed E-state index contributed by atoms with van der Waals surface area (Å²) in [5.74, 6) is -9.51. The van der Waals surface area contributed by atoms with Gasteiger partial charge >= 0.3 is 6.18 Å². The van der Waals surface area contributed by atoms with Crippen molar-refractivity contribution in [2.45, 2.75) is 212 Å². The lowest BCUT2D eigenvalue weighted by Gasteiger charge is -2.41. The highest BCUT2D eigenvalue weighted by Crippen LogP contribution is 2.36. The van der Waals surface area contributed by atoms with Crippen LogP contribution in [0.15, 0.2) is 18.2 Å². The van der Waals surface area contributed by atoms with E-state index in [0.717, 1.165) is 52.9 Å². The highest BCUT2D eigenvalue weighted by atomic mass is 19.4. The average molecular weight is 1290 g/mol. The maximum Gasteiger partial charge on any atom is 0.419 e. The molecule has 2 aliphatic heterocycles. The minimum atomic E-state index is -4.99. The number of amides is 11. The number of hydrogen-bond acceptors (Lipinski definition) is 11. The lowest BCUT2D eigenvalue weighted by atomic mass is 9.84. The van der Waals surface area contributed by atoms with Crippen molar-refractivity contribution in [3.05, 3.63) is 35.1 Å². The van der Waals surface area contributed by atoms with Crippen LogP contribution in [0.25, 0.3) is 0 Å². The zero-order valence-electron chi connectivity index (χ0n) is 56.0. The number of benzene rings is 1. The minimum Gasteiger partial charge on any atom is -0.343 e. The maximum atomic E-state index is 15.1. The molecule has 1 unspecified atom stereocenters. The molecule has 1 spiro atoms. The van der Waals surface area contributed by atoms with E-state index in [0.29, 0.717) is 37.8 Å². The highest BCUT2D eigenvalue weighted by molar-refractivity contribution is 5.99. The van der Waals surface area contributed by atoms with Gasteiger partial charge < -0.3 is 55.1 Å². The average Bonchev–Trinajstić information content (AvgIpc) is 1.76. The molecular weight excluding hydrogens is 1190 g/mol. The van der Waals surface area contributed by atoms with Gasteiger partial charge in [0.05, 0.1) is 25.2 Å². The van der Waals surface area contributed by atoms with Crippen LogP contribution in [0.4, 0.5) is 17.6 Å². The summed E-state index contributed by atoms with van der Waals surface area (Å²) >= 11 is 0. The van der Waals surface area contributed by atoms with E-state index < -0.39 is 162 Å². The number of aryl methyl sites for hydroxylation is 1. The Balaban J connectivity index is 1.56. The summed E-state index contributed by atoms with van der Waals surface area (Å²) in [4.78, 5) is 170. The van der Waals surface area contributed by atoms with Crippen LogP contribution in [-0.4, -0.2) is 228 Å². The molecule has 8 atom stereocenters. The van der Waals surface area contributed by atoms with Crippen molar-refractivity contribution in [1.82, 2.24) is 55.1 Å². The second kappa shape index (κ2) is 32.6. The van der Waals surface area contributed by atoms with E-state index in [-0.39, 0.29) is 75.3 Å². The quantitative estimate of drug-likeness (QED) is 0.263. The molecule has 4 fully saturated rings. The van der Waals surface area contributed by atoms with E-state index in [9.17, 15) is 65.5 Å². The Morgan fingerprint density at radius 2 is 1.24 bits per heavy atom. The second-order valence-electron chi connectivity index (χ2n) is 27.0. The summed E-state index contributed by atoms with van der Waals surface area (Å²) in [6.07, 6.45) is 1.34. The molecule has 3 N–H and O–H groups in total. The molecule has 2 saturated carbocycles. The number of carbonyl (C=O) groups is 11. The molecule has 0 aromatic heterocycles. The van der Waals surface area contributed by atoms with Crippen molar-refractivity contribution in [3.63, 3.8) is 0 Å². The predicted molar refractivity (Wildman–Crippen MR) is 332 cm³/mol. The van der Waals surface area contributed by atoms with Crippen molar-refractivity contribution < 1.29 is 70.3 Å². The van der Waals surface area contributed by atoms with E-state index in [1.54, 1.807) is 27.7 Å². The van der Waals surface area contributed by atoms with Crippen LogP contribution in [0.1, 0.15) is 162 Å². The third-order valence-corrected chi connectivity index (χ3v) is 19.2. The first-order valence-corrected chi connectivity index (χ1v) is 32.4. The fourth-order valence-electron chi connectivity index (χ4n) is 13.2. The molecule has 4 aliphatic rings. The Kier molecular flexibility index (Phi) is 26.8. The van der Waals surface area contributed by atoms with Crippen molar-refractivity contribution >= 4 is 65.0 Å². The molecule has 1 aromatic rings. The van der Waals surface area contributed by atoms with Crippen molar-refractivity contribution in [1.29, 1.82) is 0 Å². The highest BCUT2D eigenvalue weighted by Gasteiger charge is 2.50. The Morgan fingerprint density at radius 1 is 0.637 bits per heavy atom. The molecule has 2 heterocycles. The minimum absolute atomic E-state index is 0.0163.